The summed E-state index contributed by atoms with van der Waals surface area (Å²) in [4.78, 5) is 30.3. The Labute approximate surface area is 219 Å². The van der Waals surface area contributed by atoms with Gasteiger partial charge in [-0.15, -0.1) is 0 Å². The summed E-state index contributed by atoms with van der Waals surface area (Å²) < 4.78 is 7.38. The summed E-state index contributed by atoms with van der Waals surface area (Å²) in [6.07, 6.45) is 2.04. The summed E-state index contributed by atoms with van der Waals surface area (Å²) in [5.41, 5.74) is 3.51. The van der Waals surface area contributed by atoms with E-state index in [1.54, 1.807) is 36.3 Å². The fraction of sp³-hybridized carbons (Fsp3) is 0.379. The van der Waals surface area contributed by atoms with Crippen LogP contribution in [0.25, 0.3) is 0 Å². The third-order valence-corrected chi connectivity index (χ3v) is 6.31. The molecule has 0 saturated heterocycles. The van der Waals surface area contributed by atoms with Crippen molar-refractivity contribution in [1.82, 2.24) is 14.4 Å². The van der Waals surface area contributed by atoms with Gasteiger partial charge in [-0.05, 0) is 69.7 Å². The highest BCUT2D eigenvalue weighted by Gasteiger charge is 2.30. The van der Waals surface area contributed by atoms with Crippen molar-refractivity contribution in [2.45, 2.75) is 46.3 Å². The monoisotopic (exact) mass is 509 g/mol. The van der Waals surface area contributed by atoms with E-state index in [2.05, 4.69) is 35.8 Å². The largest absolute Gasteiger partial charge is 0.383 e. The van der Waals surface area contributed by atoms with Crippen molar-refractivity contribution in [1.29, 1.82) is 0 Å². The van der Waals surface area contributed by atoms with Crippen LogP contribution >= 0.6 is 11.6 Å². The van der Waals surface area contributed by atoms with Crippen molar-refractivity contribution >= 4 is 23.4 Å². The van der Waals surface area contributed by atoms with E-state index in [0.717, 1.165) is 12.2 Å². The first-order valence-electron chi connectivity index (χ1n) is 12.1. The molecule has 1 aromatic heterocycles. The molecule has 0 spiro atoms. The van der Waals surface area contributed by atoms with Gasteiger partial charge in [0.1, 0.15) is 6.54 Å². The molecule has 0 atom stereocenters. The molecule has 0 aliphatic rings. The van der Waals surface area contributed by atoms with Crippen molar-refractivity contribution in [2.75, 3.05) is 26.8 Å². The number of aryl methyl sites for hydroxylation is 1. The number of aromatic nitrogens is 1. The SMILES string of the molecule is COCCN(CC(=O)N(Cc1cccn1Cc1cccc(C)c1)C(C)(C)C)C(=O)c1ccc(Cl)cc1. The summed E-state index contributed by atoms with van der Waals surface area (Å²) in [5, 5.41) is 0.554. The zero-order chi connectivity index (χ0) is 26.3. The predicted molar refractivity (Wildman–Crippen MR) is 144 cm³/mol. The molecule has 1 heterocycles. The Hall–Kier alpha value is -3.09. The molecule has 0 radical (unpaired) electrons. The van der Waals surface area contributed by atoms with E-state index in [4.69, 9.17) is 16.3 Å². The van der Waals surface area contributed by atoms with E-state index in [0.29, 0.717) is 30.3 Å². The molecule has 6 nitrogen and oxygen atoms in total. The fourth-order valence-electron chi connectivity index (χ4n) is 4.09. The van der Waals surface area contributed by atoms with Crippen molar-refractivity contribution in [3.8, 4) is 0 Å². The normalized spacial score (nSPS) is 11.4. The van der Waals surface area contributed by atoms with Gasteiger partial charge in [-0.2, -0.15) is 0 Å². The lowest BCUT2D eigenvalue weighted by molar-refractivity contribution is -0.137. The molecule has 0 fully saturated rings. The molecule has 2 amide bonds. The Morgan fingerprint density at radius 1 is 1.03 bits per heavy atom. The maximum absolute atomic E-state index is 13.7. The van der Waals surface area contributed by atoms with Gasteiger partial charge in [-0.1, -0.05) is 41.4 Å². The minimum Gasteiger partial charge on any atom is -0.383 e. The number of hydrogen-bond acceptors (Lipinski definition) is 3. The first-order valence-corrected chi connectivity index (χ1v) is 12.5. The van der Waals surface area contributed by atoms with Crippen LogP contribution in [-0.2, 0) is 22.6 Å². The van der Waals surface area contributed by atoms with E-state index < -0.39 is 5.54 Å². The molecule has 0 N–H and O–H groups in total. The van der Waals surface area contributed by atoms with E-state index in [9.17, 15) is 9.59 Å². The van der Waals surface area contributed by atoms with Gasteiger partial charge in [-0.25, -0.2) is 0 Å². The van der Waals surface area contributed by atoms with Crippen LogP contribution < -0.4 is 0 Å². The van der Waals surface area contributed by atoms with Crippen LogP contribution in [0.2, 0.25) is 5.02 Å². The van der Waals surface area contributed by atoms with Gasteiger partial charge in [0.25, 0.3) is 5.91 Å². The molecule has 0 bridgehead atoms. The van der Waals surface area contributed by atoms with Crippen LogP contribution in [0, 0.1) is 6.92 Å². The molecule has 7 heteroatoms. The number of methoxy groups -OCH3 is 1. The topological polar surface area (TPSA) is 54.8 Å². The van der Waals surface area contributed by atoms with Crippen molar-refractivity contribution in [3.63, 3.8) is 0 Å². The van der Waals surface area contributed by atoms with Crippen molar-refractivity contribution in [2.24, 2.45) is 0 Å². The van der Waals surface area contributed by atoms with Crippen LogP contribution in [-0.4, -0.2) is 58.5 Å². The molecule has 0 aliphatic carbocycles. The molecule has 0 aliphatic heterocycles. The van der Waals surface area contributed by atoms with E-state index in [-0.39, 0.29) is 18.4 Å². The summed E-state index contributed by atoms with van der Waals surface area (Å²) in [5.74, 6) is -0.349. The number of carbonyl (C=O) groups excluding carboxylic acids is 2. The second-order valence-corrected chi connectivity index (χ2v) is 10.4. The Kier molecular flexibility index (Phi) is 9.35. The molecular formula is C29H36ClN3O3. The van der Waals surface area contributed by atoms with Crippen LogP contribution in [0.4, 0.5) is 0 Å². The number of benzene rings is 2. The minimum atomic E-state index is -0.439. The maximum Gasteiger partial charge on any atom is 0.254 e. The molecule has 3 aromatic rings. The summed E-state index contributed by atoms with van der Waals surface area (Å²) in [6, 6.07) is 19.2. The van der Waals surface area contributed by atoms with Crippen molar-refractivity contribution < 1.29 is 14.3 Å². The van der Waals surface area contributed by atoms with Gasteiger partial charge in [0.15, 0.2) is 0 Å². The quantitative estimate of drug-likeness (QED) is 0.367. The number of carbonyl (C=O) groups is 2. The van der Waals surface area contributed by atoms with Crippen molar-refractivity contribution in [3.05, 3.63) is 94.3 Å². The highest BCUT2D eigenvalue weighted by molar-refractivity contribution is 6.30. The third kappa shape index (κ3) is 7.45. The highest BCUT2D eigenvalue weighted by atomic mass is 35.5. The van der Waals surface area contributed by atoms with Crippen LogP contribution in [0.3, 0.4) is 0 Å². The van der Waals surface area contributed by atoms with E-state index in [1.165, 1.54) is 11.1 Å². The zero-order valence-corrected chi connectivity index (χ0v) is 22.6. The molecular weight excluding hydrogens is 474 g/mol. The average Bonchev–Trinajstić information content (AvgIpc) is 3.26. The van der Waals surface area contributed by atoms with Gasteiger partial charge in [0.2, 0.25) is 5.91 Å². The molecule has 0 saturated carbocycles. The Morgan fingerprint density at radius 2 is 1.75 bits per heavy atom. The maximum atomic E-state index is 13.7. The van der Waals surface area contributed by atoms with Crippen LogP contribution in [0.1, 0.15) is 48.0 Å². The fourth-order valence-corrected chi connectivity index (χ4v) is 4.22. The minimum absolute atomic E-state index is 0.0410. The Bertz CT molecular complexity index is 1170. The van der Waals surface area contributed by atoms with Gasteiger partial charge >= 0.3 is 0 Å². The number of halogens is 1. The Morgan fingerprint density at radius 3 is 2.39 bits per heavy atom. The number of amides is 2. The van der Waals surface area contributed by atoms with Crippen LogP contribution in [0.15, 0.2) is 66.9 Å². The number of hydrogen-bond donors (Lipinski definition) is 0. The van der Waals surface area contributed by atoms with Gasteiger partial charge in [-0.3, -0.25) is 9.59 Å². The zero-order valence-electron chi connectivity index (χ0n) is 21.8. The number of nitrogens with zero attached hydrogens (tertiary/aromatic N) is 3. The first kappa shape index (κ1) is 27.5. The van der Waals surface area contributed by atoms with Crippen LogP contribution in [0.5, 0.6) is 0 Å². The smallest absolute Gasteiger partial charge is 0.254 e. The summed E-state index contributed by atoms with van der Waals surface area (Å²) in [6.45, 7) is 9.89. The molecule has 192 valence electrons. The van der Waals surface area contributed by atoms with E-state index in [1.807, 2.05) is 44.0 Å². The molecule has 3 rings (SSSR count). The second kappa shape index (κ2) is 12.2. The summed E-state index contributed by atoms with van der Waals surface area (Å²) >= 11 is 5.99. The molecule has 0 unspecified atom stereocenters. The number of ether oxygens (including phenoxy) is 1. The van der Waals surface area contributed by atoms with Gasteiger partial charge < -0.3 is 19.1 Å². The van der Waals surface area contributed by atoms with E-state index >= 15 is 0 Å². The van der Waals surface area contributed by atoms with Gasteiger partial charge in [0, 0.05) is 48.2 Å². The second-order valence-electron chi connectivity index (χ2n) is 9.99. The summed E-state index contributed by atoms with van der Waals surface area (Å²) in [7, 11) is 1.58. The number of rotatable bonds is 10. The third-order valence-electron chi connectivity index (χ3n) is 6.06. The highest BCUT2D eigenvalue weighted by Crippen LogP contribution is 2.20. The first-order chi connectivity index (χ1) is 17.1. The standard InChI is InChI=1S/C29H36ClN3O3/c1-22-8-6-9-23(18-22)19-31-15-7-10-26(31)20-33(29(2,3)4)27(34)21-32(16-17-36-5)28(35)24-11-13-25(30)14-12-24/h6-15,18H,16-17,19-21H2,1-5H3. The predicted octanol–water partition coefficient (Wildman–Crippen LogP) is 5.41. The lowest BCUT2D eigenvalue weighted by Gasteiger charge is -2.37. The lowest BCUT2D eigenvalue weighted by atomic mass is 10.0. The lowest BCUT2D eigenvalue weighted by Crippen LogP contribution is -2.50. The Balaban J connectivity index is 1.80. The average molecular weight is 510 g/mol. The molecule has 2 aromatic carbocycles. The molecule has 36 heavy (non-hydrogen) atoms. The van der Waals surface area contributed by atoms with Gasteiger partial charge in [0.05, 0.1) is 13.2 Å².